The molecule has 0 saturated carbocycles. The summed E-state index contributed by atoms with van der Waals surface area (Å²) >= 11 is 0. The van der Waals surface area contributed by atoms with Crippen LogP contribution in [0.25, 0.3) is 0 Å². The van der Waals surface area contributed by atoms with E-state index in [1.807, 2.05) is 19.1 Å². The van der Waals surface area contributed by atoms with E-state index in [1.54, 1.807) is 0 Å². The first-order valence-corrected chi connectivity index (χ1v) is 4.21. The second-order valence-electron chi connectivity index (χ2n) is 3.01. The third-order valence-corrected chi connectivity index (χ3v) is 1.87. The van der Waals surface area contributed by atoms with E-state index in [0.717, 1.165) is 0 Å². The molecule has 1 aliphatic rings. The van der Waals surface area contributed by atoms with Crippen LogP contribution in [0.15, 0.2) is 12.2 Å². The summed E-state index contributed by atoms with van der Waals surface area (Å²) in [6.07, 6.45) is 4.63. The summed E-state index contributed by atoms with van der Waals surface area (Å²) in [4.78, 5) is 10.8. The zero-order valence-corrected chi connectivity index (χ0v) is 7.19. The van der Waals surface area contributed by atoms with Crippen LogP contribution >= 0.6 is 0 Å². The molecule has 0 aliphatic carbocycles. The molecule has 0 radical (unpaired) electrons. The predicted octanol–water partition coefficient (Wildman–Crippen LogP) is 1.02. The van der Waals surface area contributed by atoms with Crippen molar-refractivity contribution >= 4 is 5.97 Å². The Hall–Kier alpha value is -0.830. The molecule has 3 heteroatoms. The molecular weight excluding hydrogens is 156 g/mol. The molecule has 1 rings (SSSR count). The van der Waals surface area contributed by atoms with Gasteiger partial charge in [0.1, 0.15) is 6.10 Å². The summed E-state index contributed by atoms with van der Waals surface area (Å²) in [7, 11) is 0. The van der Waals surface area contributed by atoms with Gasteiger partial charge in [-0.15, -0.1) is 0 Å². The standard InChI is InChI=1S/C9H14O3/c1-2-3-4-8-5-7(10)6-9(11)12-8/h2-3,7-8,10H,4-6H2,1H3/t7-,8-/m1/s1. The van der Waals surface area contributed by atoms with Crippen LogP contribution in [-0.2, 0) is 9.53 Å². The molecule has 68 valence electrons. The highest BCUT2D eigenvalue weighted by molar-refractivity contribution is 5.70. The number of aliphatic hydroxyl groups excluding tert-OH is 1. The highest BCUT2D eigenvalue weighted by Gasteiger charge is 2.25. The largest absolute Gasteiger partial charge is 0.462 e. The van der Waals surface area contributed by atoms with Gasteiger partial charge in [-0.3, -0.25) is 4.79 Å². The minimum Gasteiger partial charge on any atom is -0.462 e. The Balaban J connectivity index is 2.38. The molecule has 0 aromatic carbocycles. The molecule has 0 aromatic rings. The monoisotopic (exact) mass is 170 g/mol. The molecule has 12 heavy (non-hydrogen) atoms. The smallest absolute Gasteiger partial charge is 0.308 e. The van der Waals surface area contributed by atoms with E-state index < -0.39 is 6.10 Å². The predicted molar refractivity (Wildman–Crippen MR) is 44.6 cm³/mol. The first-order chi connectivity index (χ1) is 5.72. The van der Waals surface area contributed by atoms with E-state index in [4.69, 9.17) is 4.74 Å². The lowest BCUT2D eigenvalue weighted by Gasteiger charge is -2.24. The number of hydrogen-bond acceptors (Lipinski definition) is 3. The fourth-order valence-electron chi connectivity index (χ4n) is 1.29. The van der Waals surface area contributed by atoms with Gasteiger partial charge < -0.3 is 9.84 Å². The van der Waals surface area contributed by atoms with Crippen molar-refractivity contribution < 1.29 is 14.6 Å². The van der Waals surface area contributed by atoms with E-state index in [0.29, 0.717) is 12.8 Å². The molecule has 0 bridgehead atoms. The van der Waals surface area contributed by atoms with Crippen LogP contribution in [0.5, 0.6) is 0 Å². The third-order valence-electron chi connectivity index (χ3n) is 1.87. The molecule has 1 N–H and O–H groups in total. The zero-order chi connectivity index (χ0) is 8.97. The Morgan fingerprint density at radius 3 is 3.08 bits per heavy atom. The van der Waals surface area contributed by atoms with E-state index >= 15 is 0 Å². The van der Waals surface area contributed by atoms with Crippen molar-refractivity contribution in [2.75, 3.05) is 0 Å². The Morgan fingerprint density at radius 1 is 1.75 bits per heavy atom. The number of allylic oxidation sites excluding steroid dienone is 1. The molecule has 0 unspecified atom stereocenters. The van der Waals surface area contributed by atoms with Crippen LogP contribution in [0.2, 0.25) is 0 Å². The summed E-state index contributed by atoms with van der Waals surface area (Å²) in [5.41, 5.74) is 0. The van der Waals surface area contributed by atoms with E-state index in [2.05, 4.69) is 0 Å². The molecule has 1 aliphatic heterocycles. The molecule has 1 fully saturated rings. The van der Waals surface area contributed by atoms with Gasteiger partial charge in [-0.2, -0.15) is 0 Å². The lowest BCUT2D eigenvalue weighted by molar-refractivity contribution is -0.159. The molecule has 3 nitrogen and oxygen atoms in total. The number of rotatable bonds is 2. The number of carbonyl (C=O) groups is 1. The molecule has 1 saturated heterocycles. The highest BCUT2D eigenvalue weighted by atomic mass is 16.5. The quantitative estimate of drug-likeness (QED) is 0.497. The van der Waals surface area contributed by atoms with Crippen molar-refractivity contribution in [3.63, 3.8) is 0 Å². The molecule has 1 heterocycles. The Labute approximate surface area is 72.0 Å². The second-order valence-corrected chi connectivity index (χ2v) is 3.01. The van der Waals surface area contributed by atoms with Crippen molar-refractivity contribution in [1.29, 1.82) is 0 Å². The van der Waals surface area contributed by atoms with E-state index in [9.17, 15) is 9.90 Å². The second kappa shape index (κ2) is 4.26. The number of esters is 1. The average molecular weight is 170 g/mol. The molecule has 0 amide bonds. The van der Waals surface area contributed by atoms with Crippen molar-refractivity contribution in [2.45, 2.75) is 38.4 Å². The van der Waals surface area contributed by atoms with Gasteiger partial charge in [0.15, 0.2) is 0 Å². The van der Waals surface area contributed by atoms with Gasteiger partial charge in [0, 0.05) is 12.8 Å². The number of aliphatic hydroxyl groups is 1. The maximum Gasteiger partial charge on any atom is 0.308 e. The van der Waals surface area contributed by atoms with Gasteiger partial charge in [0.2, 0.25) is 0 Å². The highest BCUT2D eigenvalue weighted by Crippen LogP contribution is 2.17. The fourth-order valence-corrected chi connectivity index (χ4v) is 1.29. The lowest BCUT2D eigenvalue weighted by atomic mass is 10.0. The lowest BCUT2D eigenvalue weighted by Crippen LogP contribution is -2.32. The minimum atomic E-state index is -0.512. The van der Waals surface area contributed by atoms with Crippen molar-refractivity contribution in [2.24, 2.45) is 0 Å². The van der Waals surface area contributed by atoms with Gasteiger partial charge >= 0.3 is 5.97 Å². The molecule has 0 spiro atoms. The SMILES string of the molecule is CC=CC[C@@H]1C[C@@H](O)CC(=O)O1. The summed E-state index contributed by atoms with van der Waals surface area (Å²) in [6, 6.07) is 0. The number of hydrogen-bond donors (Lipinski definition) is 1. The van der Waals surface area contributed by atoms with Gasteiger partial charge in [-0.05, 0) is 6.92 Å². The van der Waals surface area contributed by atoms with Crippen LogP contribution in [0.1, 0.15) is 26.2 Å². The third kappa shape index (κ3) is 2.66. The summed E-state index contributed by atoms with van der Waals surface area (Å²) < 4.78 is 5.01. The van der Waals surface area contributed by atoms with Crippen molar-refractivity contribution in [3.8, 4) is 0 Å². The van der Waals surface area contributed by atoms with Crippen LogP contribution in [0.3, 0.4) is 0 Å². The van der Waals surface area contributed by atoms with Crippen LogP contribution in [0.4, 0.5) is 0 Å². The first kappa shape index (κ1) is 9.26. The summed E-state index contributed by atoms with van der Waals surface area (Å²) in [6.45, 7) is 1.92. The van der Waals surface area contributed by atoms with Gasteiger partial charge in [0.25, 0.3) is 0 Å². The van der Waals surface area contributed by atoms with E-state index in [-0.39, 0.29) is 18.5 Å². The number of ether oxygens (including phenoxy) is 1. The van der Waals surface area contributed by atoms with Gasteiger partial charge in [-0.25, -0.2) is 0 Å². The summed E-state index contributed by atoms with van der Waals surface area (Å²) in [5.74, 6) is -0.289. The first-order valence-electron chi connectivity index (χ1n) is 4.21. The van der Waals surface area contributed by atoms with Crippen LogP contribution < -0.4 is 0 Å². The van der Waals surface area contributed by atoms with Gasteiger partial charge in [-0.1, -0.05) is 12.2 Å². The van der Waals surface area contributed by atoms with Crippen LogP contribution in [-0.4, -0.2) is 23.3 Å². The topological polar surface area (TPSA) is 46.5 Å². The number of carbonyl (C=O) groups excluding carboxylic acids is 1. The van der Waals surface area contributed by atoms with E-state index in [1.165, 1.54) is 0 Å². The number of cyclic esters (lactones) is 1. The summed E-state index contributed by atoms with van der Waals surface area (Å²) in [5, 5.41) is 9.22. The zero-order valence-electron chi connectivity index (χ0n) is 7.19. The fraction of sp³-hybridized carbons (Fsp3) is 0.667. The molecule has 0 aromatic heterocycles. The van der Waals surface area contributed by atoms with Crippen molar-refractivity contribution in [3.05, 3.63) is 12.2 Å². The maximum atomic E-state index is 10.8. The normalized spacial score (nSPS) is 30.7. The Kier molecular flexibility index (Phi) is 3.29. The maximum absolute atomic E-state index is 10.8. The molecular formula is C9H14O3. The minimum absolute atomic E-state index is 0.127. The average Bonchev–Trinajstić information content (AvgIpc) is 1.99. The van der Waals surface area contributed by atoms with Crippen LogP contribution in [0, 0.1) is 0 Å². The van der Waals surface area contributed by atoms with Gasteiger partial charge in [0.05, 0.1) is 12.5 Å². The van der Waals surface area contributed by atoms with Crippen molar-refractivity contribution in [1.82, 2.24) is 0 Å². The molecule has 2 atom stereocenters. The Morgan fingerprint density at radius 2 is 2.50 bits per heavy atom. The Bertz CT molecular complexity index is 186.